The highest BCUT2D eigenvalue weighted by molar-refractivity contribution is 5.83. The Hall–Kier alpha value is -1.95. The number of hydrogen-bond acceptors (Lipinski definition) is 5. The summed E-state index contributed by atoms with van der Waals surface area (Å²) in [5, 5.41) is 10.8. The summed E-state index contributed by atoms with van der Waals surface area (Å²) in [6.45, 7) is 1.51. The van der Waals surface area contributed by atoms with Crippen molar-refractivity contribution < 1.29 is 14.5 Å². The van der Waals surface area contributed by atoms with Gasteiger partial charge >= 0.3 is 0 Å². The van der Waals surface area contributed by atoms with Gasteiger partial charge in [0.05, 0.1) is 16.6 Å². The number of hydrogen-bond donors (Lipinski definition) is 0. The third-order valence-electron chi connectivity index (χ3n) is 3.53. The fraction of sp³-hybridized carbons (Fsp3) is 0.500. The van der Waals surface area contributed by atoms with E-state index in [1.165, 1.54) is 12.5 Å². The average Bonchev–Trinajstić information content (AvgIpc) is 2.47. The second-order valence-electron chi connectivity index (χ2n) is 4.99. The molecule has 1 atom stereocenters. The van der Waals surface area contributed by atoms with E-state index in [0.717, 1.165) is 31.7 Å². The molecule has 108 valence electrons. The zero-order valence-electron chi connectivity index (χ0n) is 11.4. The molecule has 1 saturated heterocycles. The first-order valence-corrected chi connectivity index (χ1v) is 6.68. The van der Waals surface area contributed by atoms with Crippen LogP contribution in [0.4, 0.5) is 11.4 Å². The first-order chi connectivity index (χ1) is 9.61. The third-order valence-corrected chi connectivity index (χ3v) is 3.53. The van der Waals surface area contributed by atoms with Crippen LogP contribution in [-0.2, 0) is 4.74 Å². The number of rotatable bonds is 5. The SMILES string of the molecule is CN(CC1CCCCO1)c1ccc([N+](=O)[O-])c(C=O)c1. The van der Waals surface area contributed by atoms with E-state index < -0.39 is 4.92 Å². The summed E-state index contributed by atoms with van der Waals surface area (Å²) in [4.78, 5) is 23.2. The van der Waals surface area contributed by atoms with E-state index in [4.69, 9.17) is 4.74 Å². The Bertz CT molecular complexity index is 498. The summed E-state index contributed by atoms with van der Waals surface area (Å²) < 4.78 is 5.67. The fourth-order valence-electron chi connectivity index (χ4n) is 2.40. The Balaban J connectivity index is 2.11. The van der Waals surface area contributed by atoms with E-state index >= 15 is 0 Å². The lowest BCUT2D eigenvalue weighted by Gasteiger charge is -2.28. The molecule has 1 aromatic rings. The molecule has 20 heavy (non-hydrogen) atoms. The Kier molecular flexibility index (Phi) is 4.68. The fourth-order valence-corrected chi connectivity index (χ4v) is 2.40. The van der Waals surface area contributed by atoms with Crippen LogP contribution in [0.25, 0.3) is 0 Å². The van der Waals surface area contributed by atoms with Crippen molar-refractivity contribution in [3.8, 4) is 0 Å². The molecule has 0 bridgehead atoms. The van der Waals surface area contributed by atoms with Gasteiger partial charge in [-0.2, -0.15) is 0 Å². The number of anilines is 1. The van der Waals surface area contributed by atoms with Crippen molar-refractivity contribution in [3.05, 3.63) is 33.9 Å². The van der Waals surface area contributed by atoms with Gasteiger partial charge in [-0.15, -0.1) is 0 Å². The van der Waals surface area contributed by atoms with Crippen LogP contribution in [0.1, 0.15) is 29.6 Å². The maximum Gasteiger partial charge on any atom is 0.280 e. The van der Waals surface area contributed by atoms with Crippen LogP contribution in [-0.4, -0.2) is 37.5 Å². The molecular formula is C14H18N2O4. The number of nitro groups is 1. The lowest BCUT2D eigenvalue weighted by Crippen LogP contribution is -2.33. The molecule has 1 aliphatic heterocycles. The quantitative estimate of drug-likeness (QED) is 0.470. The number of carbonyl (C=O) groups is 1. The van der Waals surface area contributed by atoms with Crippen LogP contribution in [0.15, 0.2) is 18.2 Å². The van der Waals surface area contributed by atoms with Crippen LogP contribution < -0.4 is 4.90 Å². The van der Waals surface area contributed by atoms with E-state index in [-0.39, 0.29) is 17.4 Å². The average molecular weight is 278 g/mol. The summed E-state index contributed by atoms with van der Waals surface area (Å²) in [6, 6.07) is 4.58. The van der Waals surface area contributed by atoms with Crippen molar-refractivity contribution >= 4 is 17.7 Å². The normalized spacial score (nSPS) is 18.6. The molecule has 6 heteroatoms. The highest BCUT2D eigenvalue weighted by Crippen LogP contribution is 2.24. The molecule has 0 aliphatic carbocycles. The van der Waals surface area contributed by atoms with Gasteiger partial charge in [0, 0.05) is 32.0 Å². The largest absolute Gasteiger partial charge is 0.376 e. The molecule has 0 radical (unpaired) electrons. The standard InChI is InChI=1S/C14H18N2O4/c1-15(9-13-4-2-3-7-20-13)12-5-6-14(16(18)19)11(8-12)10-17/h5-6,8,10,13H,2-4,7,9H2,1H3. The maximum atomic E-state index is 10.9. The van der Waals surface area contributed by atoms with Gasteiger partial charge in [-0.05, 0) is 31.4 Å². The highest BCUT2D eigenvalue weighted by Gasteiger charge is 2.18. The molecule has 1 fully saturated rings. The number of benzene rings is 1. The second-order valence-corrected chi connectivity index (χ2v) is 4.99. The minimum absolute atomic E-state index is 0.101. The summed E-state index contributed by atoms with van der Waals surface area (Å²) in [6.07, 6.45) is 4.00. The van der Waals surface area contributed by atoms with Crippen LogP contribution in [0.3, 0.4) is 0 Å². The Labute approximate surface area is 117 Å². The number of ether oxygens (including phenoxy) is 1. The molecule has 1 aliphatic rings. The number of nitrogens with zero attached hydrogens (tertiary/aromatic N) is 2. The summed E-state index contributed by atoms with van der Waals surface area (Å²) >= 11 is 0. The van der Waals surface area contributed by atoms with Crippen molar-refractivity contribution in [1.82, 2.24) is 0 Å². The molecular weight excluding hydrogens is 260 g/mol. The minimum Gasteiger partial charge on any atom is -0.376 e. The monoisotopic (exact) mass is 278 g/mol. The summed E-state index contributed by atoms with van der Waals surface area (Å²) in [5.74, 6) is 0. The molecule has 1 unspecified atom stereocenters. The predicted octanol–water partition coefficient (Wildman–Crippen LogP) is 2.41. The zero-order chi connectivity index (χ0) is 14.5. The first kappa shape index (κ1) is 14.5. The maximum absolute atomic E-state index is 10.9. The van der Waals surface area contributed by atoms with Gasteiger partial charge in [0.25, 0.3) is 5.69 Å². The molecule has 0 amide bonds. The molecule has 0 saturated carbocycles. The summed E-state index contributed by atoms with van der Waals surface area (Å²) in [5.41, 5.74) is 0.724. The van der Waals surface area contributed by atoms with Crippen molar-refractivity contribution in [3.63, 3.8) is 0 Å². The van der Waals surface area contributed by atoms with E-state index in [0.29, 0.717) is 6.29 Å². The number of nitro benzene ring substituents is 1. The minimum atomic E-state index is -0.544. The Morgan fingerprint density at radius 2 is 2.30 bits per heavy atom. The lowest BCUT2D eigenvalue weighted by molar-refractivity contribution is -0.385. The van der Waals surface area contributed by atoms with E-state index in [2.05, 4.69) is 0 Å². The Morgan fingerprint density at radius 1 is 1.50 bits per heavy atom. The summed E-state index contributed by atoms with van der Waals surface area (Å²) in [7, 11) is 1.90. The van der Waals surface area contributed by atoms with Crippen molar-refractivity contribution in [2.45, 2.75) is 25.4 Å². The topological polar surface area (TPSA) is 72.7 Å². The molecule has 2 rings (SSSR count). The van der Waals surface area contributed by atoms with Gasteiger partial charge in [0.1, 0.15) is 0 Å². The van der Waals surface area contributed by atoms with E-state index in [1.54, 1.807) is 12.1 Å². The molecule has 6 nitrogen and oxygen atoms in total. The number of carbonyl (C=O) groups excluding carboxylic acids is 1. The van der Waals surface area contributed by atoms with Gasteiger partial charge in [-0.25, -0.2) is 0 Å². The third kappa shape index (κ3) is 3.33. The molecule has 1 aromatic carbocycles. The first-order valence-electron chi connectivity index (χ1n) is 6.68. The number of aldehydes is 1. The number of likely N-dealkylation sites (N-methyl/N-ethyl adjacent to an activating group) is 1. The smallest absolute Gasteiger partial charge is 0.280 e. The van der Waals surface area contributed by atoms with Crippen molar-refractivity contribution in [1.29, 1.82) is 0 Å². The molecule has 0 N–H and O–H groups in total. The van der Waals surface area contributed by atoms with Gasteiger partial charge in [0.15, 0.2) is 6.29 Å². The van der Waals surface area contributed by atoms with Gasteiger partial charge in [0.2, 0.25) is 0 Å². The van der Waals surface area contributed by atoms with Gasteiger partial charge < -0.3 is 9.64 Å². The van der Waals surface area contributed by atoms with Crippen molar-refractivity contribution in [2.24, 2.45) is 0 Å². The zero-order valence-corrected chi connectivity index (χ0v) is 11.4. The van der Waals surface area contributed by atoms with Crippen LogP contribution >= 0.6 is 0 Å². The predicted molar refractivity (Wildman–Crippen MR) is 75.3 cm³/mol. The Morgan fingerprint density at radius 3 is 2.90 bits per heavy atom. The van der Waals surface area contributed by atoms with Crippen LogP contribution in [0.2, 0.25) is 0 Å². The van der Waals surface area contributed by atoms with Crippen LogP contribution in [0.5, 0.6) is 0 Å². The second kappa shape index (κ2) is 6.47. The van der Waals surface area contributed by atoms with Crippen molar-refractivity contribution in [2.75, 3.05) is 25.1 Å². The van der Waals surface area contributed by atoms with E-state index in [1.807, 2.05) is 11.9 Å². The molecule has 1 heterocycles. The molecule has 0 aromatic heterocycles. The molecule has 0 spiro atoms. The van der Waals surface area contributed by atoms with Gasteiger partial charge in [-0.3, -0.25) is 14.9 Å². The van der Waals surface area contributed by atoms with Gasteiger partial charge in [-0.1, -0.05) is 0 Å². The van der Waals surface area contributed by atoms with Crippen LogP contribution in [0, 0.1) is 10.1 Å². The highest BCUT2D eigenvalue weighted by atomic mass is 16.6. The van der Waals surface area contributed by atoms with E-state index in [9.17, 15) is 14.9 Å². The lowest BCUT2D eigenvalue weighted by atomic mass is 10.1.